The minimum absolute atomic E-state index is 0.000833. The summed E-state index contributed by atoms with van der Waals surface area (Å²) in [4.78, 5) is 47.2. The van der Waals surface area contributed by atoms with Crippen LogP contribution in [0.15, 0.2) is 42.9 Å². The lowest BCUT2D eigenvalue weighted by Crippen LogP contribution is -2.40. The monoisotopic (exact) mass is 849 g/mol. The molecule has 324 valence electrons. The highest BCUT2D eigenvalue weighted by Crippen LogP contribution is 2.37. The average Bonchev–Trinajstić information content (AvgIpc) is 4.13. The van der Waals surface area contributed by atoms with Crippen LogP contribution < -0.4 is 15.5 Å². The van der Waals surface area contributed by atoms with E-state index in [4.69, 9.17) is 14.5 Å². The molecule has 5 fully saturated rings. The Kier molecular flexibility index (Phi) is 10.9. The zero-order valence-electron chi connectivity index (χ0n) is 34.5. The van der Waals surface area contributed by atoms with Crippen LogP contribution in [0.25, 0.3) is 16.6 Å². The molecule has 3 amide bonds. The number of rotatable bonds is 10. The number of nitrogens with zero attached hydrogens (tertiary/aromatic N) is 9. The summed E-state index contributed by atoms with van der Waals surface area (Å²) in [6.07, 6.45) is 9.24. The van der Waals surface area contributed by atoms with Gasteiger partial charge in [-0.15, -0.1) is 0 Å². The van der Waals surface area contributed by atoms with Crippen molar-refractivity contribution in [3.63, 3.8) is 0 Å². The van der Waals surface area contributed by atoms with Crippen LogP contribution in [0.3, 0.4) is 0 Å². The van der Waals surface area contributed by atoms with Crippen molar-refractivity contribution in [2.45, 2.75) is 94.4 Å². The van der Waals surface area contributed by atoms with E-state index in [1.165, 1.54) is 10.7 Å². The SMILES string of the molecule is Cn1nc(C2CCC(=O)NC2=O)c2cccc(C#CCOC3CCN(CC4CCC(n5cc(NC(=O)c6cnn7ccc(N8C[C@@H]9C[C@H]8CO9)nc67)c(C(F)F)n5)CC4)CC3)c21. The number of piperidine rings is 2. The molecule has 4 saturated heterocycles. The number of carbonyl (C=O) groups is 3. The van der Waals surface area contributed by atoms with Crippen LogP contribution in [0, 0.1) is 17.8 Å². The van der Waals surface area contributed by atoms with Crippen LogP contribution >= 0.6 is 0 Å². The number of nitrogens with one attached hydrogen (secondary N) is 2. The molecule has 2 bridgehead atoms. The highest BCUT2D eigenvalue weighted by atomic mass is 19.3. The predicted molar refractivity (Wildman–Crippen MR) is 223 cm³/mol. The lowest BCUT2D eigenvalue weighted by Gasteiger charge is -2.36. The second-order valence-corrected chi connectivity index (χ2v) is 17.3. The summed E-state index contributed by atoms with van der Waals surface area (Å²) in [6.45, 7) is 4.56. The van der Waals surface area contributed by atoms with Crippen molar-refractivity contribution in [3.05, 3.63) is 65.4 Å². The van der Waals surface area contributed by atoms with E-state index in [-0.39, 0.29) is 47.4 Å². The second kappa shape index (κ2) is 16.8. The van der Waals surface area contributed by atoms with Gasteiger partial charge in [-0.25, -0.2) is 18.3 Å². The summed E-state index contributed by atoms with van der Waals surface area (Å²) in [5.74, 6) is 6.07. The quantitative estimate of drug-likeness (QED) is 0.147. The molecule has 16 nitrogen and oxygen atoms in total. The third kappa shape index (κ3) is 7.93. The van der Waals surface area contributed by atoms with Gasteiger partial charge in [-0.05, 0) is 69.4 Å². The molecule has 18 heteroatoms. The van der Waals surface area contributed by atoms with Gasteiger partial charge in [0, 0.05) is 57.4 Å². The first-order valence-electron chi connectivity index (χ1n) is 21.7. The molecule has 5 aromatic rings. The zero-order valence-corrected chi connectivity index (χ0v) is 34.5. The Morgan fingerprint density at radius 2 is 1.90 bits per heavy atom. The fraction of sp³-hybridized carbons (Fsp3) is 0.523. The van der Waals surface area contributed by atoms with E-state index in [2.05, 4.69) is 47.6 Å². The number of para-hydroxylation sites is 1. The Labute approximate surface area is 356 Å². The second-order valence-electron chi connectivity index (χ2n) is 17.3. The van der Waals surface area contributed by atoms with Crippen molar-refractivity contribution in [2.24, 2.45) is 13.0 Å². The number of amides is 3. The maximum absolute atomic E-state index is 14.3. The molecule has 0 radical (unpaired) electrons. The van der Waals surface area contributed by atoms with Crippen LogP contribution in [-0.4, -0.2) is 114 Å². The number of alkyl halides is 2. The van der Waals surface area contributed by atoms with E-state index in [0.717, 1.165) is 93.4 Å². The summed E-state index contributed by atoms with van der Waals surface area (Å²) in [5.41, 5.74) is 2.44. The lowest BCUT2D eigenvalue weighted by atomic mass is 9.85. The number of anilines is 2. The Balaban J connectivity index is 0.695. The number of aromatic nitrogens is 7. The summed E-state index contributed by atoms with van der Waals surface area (Å²) >= 11 is 0. The molecule has 62 heavy (non-hydrogen) atoms. The number of aryl methyl sites for hydroxylation is 1. The summed E-state index contributed by atoms with van der Waals surface area (Å²) in [6, 6.07) is 7.88. The molecule has 8 heterocycles. The van der Waals surface area contributed by atoms with Crippen molar-refractivity contribution in [3.8, 4) is 11.8 Å². The van der Waals surface area contributed by atoms with Gasteiger partial charge in [-0.3, -0.25) is 29.1 Å². The number of morpholine rings is 1. The van der Waals surface area contributed by atoms with Crippen LogP contribution in [0.5, 0.6) is 0 Å². The molecular weight excluding hydrogens is 801 g/mol. The molecule has 1 unspecified atom stereocenters. The number of likely N-dealkylation sites (tertiary alicyclic amines) is 1. The number of imide groups is 1. The fourth-order valence-electron chi connectivity index (χ4n) is 10.1. The smallest absolute Gasteiger partial charge is 0.284 e. The maximum Gasteiger partial charge on any atom is 0.284 e. The van der Waals surface area contributed by atoms with Crippen molar-refractivity contribution in [2.75, 3.05) is 49.6 Å². The van der Waals surface area contributed by atoms with Crippen molar-refractivity contribution < 1.29 is 32.6 Å². The molecule has 1 aliphatic carbocycles. The lowest BCUT2D eigenvalue weighted by molar-refractivity contribution is -0.134. The Morgan fingerprint density at radius 1 is 1.06 bits per heavy atom. The van der Waals surface area contributed by atoms with E-state index in [9.17, 15) is 23.2 Å². The van der Waals surface area contributed by atoms with E-state index in [1.807, 2.05) is 31.3 Å². The minimum Gasteiger partial charge on any atom is -0.374 e. The first-order chi connectivity index (χ1) is 30.1. The first kappa shape index (κ1) is 40.3. The summed E-state index contributed by atoms with van der Waals surface area (Å²) < 4.78 is 45.4. The van der Waals surface area contributed by atoms with E-state index in [0.29, 0.717) is 43.3 Å². The number of benzene rings is 1. The molecule has 10 rings (SSSR count). The number of ether oxygens (including phenoxy) is 2. The van der Waals surface area contributed by atoms with Crippen LogP contribution in [0.1, 0.15) is 103 Å². The topological polar surface area (TPSA) is 166 Å². The molecule has 1 aromatic carbocycles. The van der Waals surface area contributed by atoms with Gasteiger partial charge < -0.3 is 24.6 Å². The van der Waals surface area contributed by atoms with Crippen LogP contribution in [0.2, 0.25) is 0 Å². The van der Waals surface area contributed by atoms with Crippen LogP contribution in [-0.2, 0) is 26.1 Å². The Bertz CT molecular complexity index is 2580. The Hall–Kier alpha value is -5.77. The predicted octanol–water partition coefficient (Wildman–Crippen LogP) is 4.76. The van der Waals surface area contributed by atoms with Crippen LogP contribution in [0.4, 0.5) is 20.3 Å². The highest BCUT2D eigenvalue weighted by Gasteiger charge is 2.40. The van der Waals surface area contributed by atoms with E-state index >= 15 is 0 Å². The zero-order chi connectivity index (χ0) is 42.5. The normalized spacial score (nSPS) is 24.6. The largest absolute Gasteiger partial charge is 0.374 e. The fourth-order valence-corrected chi connectivity index (χ4v) is 10.1. The van der Waals surface area contributed by atoms with E-state index in [1.54, 1.807) is 21.8 Å². The summed E-state index contributed by atoms with van der Waals surface area (Å²) in [5, 5.41) is 19.2. The number of fused-ring (bicyclic) bond motifs is 4. The molecule has 1 saturated carbocycles. The van der Waals surface area contributed by atoms with Crippen molar-refractivity contribution in [1.82, 2.24) is 44.4 Å². The van der Waals surface area contributed by atoms with Gasteiger partial charge in [0.2, 0.25) is 11.8 Å². The number of hydrogen-bond donors (Lipinski definition) is 2. The number of hydrogen-bond acceptors (Lipinski definition) is 11. The molecule has 0 spiro atoms. The number of carbonyl (C=O) groups excluding carboxylic acids is 3. The van der Waals surface area contributed by atoms with Crippen molar-refractivity contribution in [1.29, 1.82) is 0 Å². The third-order valence-electron chi connectivity index (χ3n) is 13.3. The third-order valence-corrected chi connectivity index (χ3v) is 13.3. The van der Waals surface area contributed by atoms with Crippen molar-refractivity contribution >= 4 is 45.8 Å². The molecule has 2 N–H and O–H groups in total. The molecule has 5 aliphatic rings. The summed E-state index contributed by atoms with van der Waals surface area (Å²) in [7, 11) is 1.84. The molecule has 4 aliphatic heterocycles. The van der Waals surface area contributed by atoms with Gasteiger partial charge in [-0.1, -0.05) is 24.0 Å². The van der Waals surface area contributed by atoms with Gasteiger partial charge in [0.15, 0.2) is 11.3 Å². The molecule has 3 atom stereocenters. The standard InChI is InChI=1S/C44H49F2N11O5/c1-53-40-27(4-2-6-32(40)38(51-53)33-11-12-37(58)50-43(33)59)5-3-19-61-30-13-16-54(17-14-30)22-26-7-9-28(10-8-26)57-24-35(39(52-57)41(45)46)48-44(60)34-21-47-56-18-15-36(49-42(34)56)55-23-31-20-29(55)25-62-31/h2,4,6,15,18,21,24,26,28-31,33,41H,7-14,16-17,19-20,22-23,25H2,1H3,(H,48,60)(H,50,58,59)/t26?,28?,29-,31-,33?/m0/s1. The average molecular weight is 850 g/mol. The van der Waals surface area contributed by atoms with Gasteiger partial charge >= 0.3 is 0 Å². The minimum atomic E-state index is -2.85. The van der Waals surface area contributed by atoms with E-state index < -0.39 is 23.9 Å². The van der Waals surface area contributed by atoms with Gasteiger partial charge in [0.1, 0.15) is 18.0 Å². The molecular formula is C44H49F2N11O5. The maximum atomic E-state index is 14.3. The first-order valence-corrected chi connectivity index (χ1v) is 21.7. The molecule has 4 aromatic heterocycles. The highest BCUT2D eigenvalue weighted by molar-refractivity contribution is 6.08. The Morgan fingerprint density at radius 3 is 2.66 bits per heavy atom. The van der Waals surface area contributed by atoms with Gasteiger partial charge in [0.25, 0.3) is 12.3 Å². The van der Waals surface area contributed by atoms with Gasteiger partial charge in [0.05, 0.1) is 65.5 Å². The number of halogens is 2. The van der Waals surface area contributed by atoms with Gasteiger partial charge in [-0.2, -0.15) is 15.3 Å².